The fraction of sp³-hybridized carbons (Fsp3) is 0.263. The second kappa shape index (κ2) is 5.96. The Kier molecular flexibility index (Phi) is 3.90. The third kappa shape index (κ3) is 2.70. The number of methoxy groups -OCH3 is 1. The molecule has 0 unspecified atom stereocenters. The van der Waals surface area contributed by atoms with Gasteiger partial charge in [-0.05, 0) is 32.9 Å². The minimum atomic E-state index is -3.64. The predicted octanol–water partition coefficient (Wildman–Crippen LogP) is 3.31. The van der Waals surface area contributed by atoms with Crippen LogP contribution in [0.15, 0.2) is 46.0 Å². The summed E-state index contributed by atoms with van der Waals surface area (Å²) in [6, 6.07) is 7.15. The van der Waals surface area contributed by atoms with E-state index in [1.165, 1.54) is 7.11 Å². The maximum atomic E-state index is 13.1. The molecule has 4 aromatic rings. The molecule has 9 heteroatoms. The number of imidazole rings is 1. The molecule has 146 valence electrons. The van der Waals surface area contributed by atoms with E-state index in [2.05, 4.69) is 9.97 Å². The Balaban J connectivity index is 1.97. The lowest BCUT2D eigenvalue weighted by atomic mass is 10.1. The van der Waals surface area contributed by atoms with E-state index in [1.807, 2.05) is 6.07 Å². The molecular formula is C19H20N4O4S. The number of fused-ring (bicyclic) bond motifs is 2. The molecule has 1 aromatic carbocycles. The summed E-state index contributed by atoms with van der Waals surface area (Å²) in [5.41, 5.74) is 8.87. The average Bonchev–Trinajstić information content (AvgIpc) is 3.20. The summed E-state index contributed by atoms with van der Waals surface area (Å²) in [5.74, 6) is 0.262. The molecule has 0 radical (unpaired) electrons. The van der Waals surface area contributed by atoms with Gasteiger partial charge in [-0.25, -0.2) is 13.4 Å². The predicted molar refractivity (Wildman–Crippen MR) is 106 cm³/mol. The van der Waals surface area contributed by atoms with Crippen LogP contribution < -0.4 is 10.5 Å². The van der Waals surface area contributed by atoms with Crippen molar-refractivity contribution in [2.75, 3.05) is 12.8 Å². The van der Waals surface area contributed by atoms with Crippen molar-refractivity contribution >= 4 is 32.6 Å². The molecule has 0 amide bonds. The van der Waals surface area contributed by atoms with Crippen LogP contribution in [0.2, 0.25) is 0 Å². The van der Waals surface area contributed by atoms with Crippen LogP contribution >= 0.6 is 0 Å². The van der Waals surface area contributed by atoms with Gasteiger partial charge in [-0.2, -0.15) is 4.98 Å². The number of rotatable bonds is 3. The van der Waals surface area contributed by atoms with Crippen molar-refractivity contribution in [1.82, 2.24) is 14.4 Å². The van der Waals surface area contributed by atoms with Crippen LogP contribution in [0.25, 0.3) is 28.0 Å². The SMILES string of the molecule is COc1cc2ncc(-c3ccc4nc(N)oc4c3)n2cc1S(=O)(=O)C(C)(C)C. The molecule has 0 atom stereocenters. The third-order valence-electron chi connectivity index (χ3n) is 4.59. The van der Waals surface area contributed by atoms with Gasteiger partial charge in [0.15, 0.2) is 15.4 Å². The normalized spacial score (nSPS) is 12.7. The smallest absolute Gasteiger partial charge is 0.292 e. The van der Waals surface area contributed by atoms with E-state index in [1.54, 1.807) is 55.8 Å². The summed E-state index contributed by atoms with van der Waals surface area (Å²) in [5, 5.41) is 0. The van der Waals surface area contributed by atoms with Crippen molar-refractivity contribution in [3.8, 4) is 17.0 Å². The Morgan fingerprint density at radius 1 is 1.21 bits per heavy atom. The van der Waals surface area contributed by atoms with Crippen LogP contribution in [-0.2, 0) is 9.84 Å². The van der Waals surface area contributed by atoms with E-state index in [0.29, 0.717) is 22.4 Å². The summed E-state index contributed by atoms with van der Waals surface area (Å²) in [6.45, 7) is 4.97. The number of nitrogens with zero attached hydrogens (tertiary/aromatic N) is 3. The van der Waals surface area contributed by atoms with E-state index in [-0.39, 0.29) is 16.7 Å². The molecule has 0 spiro atoms. The molecule has 0 aliphatic rings. The molecule has 3 aromatic heterocycles. The number of pyridine rings is 1. The quantitative estimate of drug-likeness (QED) is 0.561. The van der Waals surface area contributed by atoms with E-state index < -0.39 is 14.6 Å². The first kappa shape index (κ1) is 18.3. The summed E-state index contributed by atoms with van der Waals surface area (Å²) in [6.07, 6.45) is 3.22. The van der Waals surface area contributed by atoms with Crippen LogP contribution in [-0.4, -0.2) is 34.6 Å². The Morgan fingerprint density at radius 2 is 1.96 bits per heavy atom. The number of sulfone groups is 1. The van der Waals surface area contributed by atoms with Crippen molar-refractivity contribution in [2.45, 2.75) is 30.4 Å². The van der Waals surface area contributed by atoms with Gasteiger partial charge in [0.2, 0.25) is 0 Å². The number of hydrogen-bond donors (Lipinski definition) is 1. The van der Waals surface area contributed by atoms with Crippen LogP contribution in [0.1, 0.15) is 20.8 Å². The zero-order valence-electron chi connectivity index (χ0n) is 15.9. The molecule has 2 N–H and O–H groups in total. The highest BCUT2D eigenvalue weighted by molar-refractivity contribution is 7.92. The van der Waals surface area contributed by atoms with Gasteiger partial charge in [-0.15, -0.1) is 0 Å². The first-order chi connectivity index (χ1) is 13.1. The molecule has 28 heavy (non-hydrogen) atoms. The monoisotopic (exact) mass is 400 g/mol. The molecule has 0 saturated heterocycles. The van der Waals surface area contributed by atoms with Crippen molar-refractivity contribution in [2.24, 2.45) is 0 Å². The van der Waals surface area contributed by atoms with Crippen molar-refractivity contribution in [3.63, 3.8) is 0 Å². The van der Waals surface area contributed by atoms with E-state index in [9.17, 15) is 8.42 Å². The van der Waals surface area contributed by atoms with Crippen LogP contribution in [0.4, 0.5) is 6.01 Å². The topological polar surface area (TPSA) is 113 Å². The fourth-order valence-electron chi connectivity index (χ4n) is 2.99. The van der Waals surface area contributed by atoms with Gasteiger partial charge in [-0.1, -0.05) is 6.07 Å². The number of nitrogen functional groups attached to an aromatic ring is 1. The van der Waals surface area contributed by atoms with E-state index in [0.717, 1.165) is 5.56 Å². The molecule has 8 nitrogen and oxygen atoms in total. The lowest BCUT2D eigenvalue weighted by molar-refractivity contribution is 0.401. The van der Waals surface area contributed by atoms with Crippen LogP contribution in [0.5, 0.6) is 5.75 Å². The van der Waals surface area contributed by atoms with Gasteiger partial charge in [0, 0.05) is 17.8 Å². The number of anilines is 1. The number of aromatic nitrogens is 3. The number of nitrogens with two attached hydrogens (primary N) is 1. The first-order valence-corrected chi connectivity index (χ1v) is 10.1. The Morgan fingerprint density at radius 3 is 2.64 bits per heavy atom. The zero-order valence-corrected chi connectivity index (χ0v) is 16.7. The lowest BCUT2D eigenvalue weighted by Gasteiger charge is -2.21. The van der Waals surface area contributed by atoms with Gasteiger partial charge in [-0.3, -0.25) is 4.40 Å². The van der Waals surface area contributed by atoms with Crippen LogP contribution in [0.3, 0.4) is 0 Å². The molecule has 0 bridgehead atoms. The van der Waals surface area contributed by atoms with E-state index in [4.69, 9.17) is 14.9 Å². The summed E-state index contributed by atoms with van der Waals surface area (Å²) >= 11 is 0. The highest BCUT2D eigenvalue weighted by Crippen LogP contribution is 2.34. The van der Waals surface area contributed by atoms with Crippen molar-refractivity contribution in [3.05, 3.63) is 36.7 Å². The average molecular weight is 400 g/mol. The summed E-state index contributed by atoms with van der Waals surface area (Å²) in [7, 11) is -2.19. The summed E-state index contributed by atoms with van der Waals surface area (Å²) in [4.78, 5) is 8.59. The number of hydrogen-bond acceptors (Lipinski definition) is 7. The highest BCUT2D eigenvalue weighted by Gasteiger charge is 2.34. The first-order valence-electron chi connectivity index (χ1n) is 8.58. The second-order valence-electron chi connectivity index (χ2n) is 7.43. The molecule has 0 aliphatic carbocycles. The van der Waals surface area contributed by atoms with Crippen LogP contribution in [0, 0.1) is 0 Å². The molecule has 4 rings (SSSR count). The summed E-state index contributed by atoms with van der Waals surface area (Å²) < 4.78 is 37.6. The number of oxazole rings is 1. The standard InChI is InChI=1S/C19H20N4O4S/c1-19(2,3)28(24,25)16-10-23-13(9-21-17(23)8-15(16)26-4)11-5-6-12-14(7-11)27-18(20)22-12/h5-10H,1-4H3,(H2,20,22). The largest absolute Gasteiger partial charge is 0.495 e. The van der Waals surface area contributed by atoms with Crippen molar-refractivity contribution in [1.29, 1.82) is 0 Å². The van der Waals surface area contributed by atoms with Gasteiger partial charge < -0.3 is 14.9 Å². The maximum Gasteiger partial charge on any atom is 0.292 e. The fourth-order valence-corrected chi connectivity index (χ4v) is 4.30. The van der Waals surface area contributed by atoms with Gasteiger partial charge in [0.25, 0.3) is 6.01 Å². The third-order valence-corrected chi connectivity index (χ3v) is 7.09. The maximum absolute atomic E-state index is 13.1. The highest BCUT2D eigenvalue weighted by atomic mass is 32.2. The Labute approximate surface area is 161 Å². The molecule has 0 aliphatic heterocycles. The number of benzene rings is 1. The molecule has 3 heterocycles. The molecule has 0 saturated carbocycles. The van der Waals surface area contributed by atoms with E-state index >= 15 is 0 Å². The Hall–Kier alpha value is -3.07. The van der Waals surface area contributed by atoms with Gasteiger partial charge in [0.1, 0.15) is 21.8 Å². The van der Waals surface area contributed by atoms with Gasteiger partial charge in [0.05, 0.1) is 23.7 Å². The lowest BCUT2D eigenvalue weighted by Crippen LogP contribution is -2.28. The number of ether oxygens (including phenoxy) is 1. The minimum Gasteiger partial charge on any atom is -0.495 e. The van der Waals surface area contributed by atoms with Gasteiger partial charge >= 0.3 is 0 Å². The zero-order chi connectivity index (χ0) is 20.3. The Bertz CT molecular complexity index is 1310. The molecular weight excluding hydrogens is 380 g/mol. The minimum absolute atomic E-state index is 0.0913. The second-order valence-corrected chi connectivity index (χ2v) is 10.1. The van der Waals surface area contributed by atoms with Crippen molar-refractivity contribution < 1.29 is 17.6 Å². The molecule has 0 fully saturated rings.